The number of allylic oxidation sites excluding steroid dienone is 2. The molecule has 0 aromatic carbocycles. The zero-order valence-corrected chi connectivity index (χ0v) is 5.21. The molecule has 0 bridgehead atoms. The average molecular weight is 126 g/mol. The van der Waals surface area contributed by atoms with Crippen molar-refractivity contribution in [1.82, 2.24) is 0 Å². The van der Waals surface area contributed by atoms with Gasteiger partial charge in [-0.1, -0.05) is 0 Å². The van der Waals surface area contributed by atoms with E-state index in [9.17, 15) is 4.79 Å². The Bertz CT molecular complexity index is 138. The lowest BCUT2D eigenvalue weighted by Crippen LogP contribution is -2.08. The summed E-state index contributed by atoms with van der Waals surface area (Å²) in [7, 11) is 0. The molecule has 0 heterocycles. The van der Waals surface area contributed by atoms with Gasteiger partial charge in [-0.3, -0.25) is 0 Å². The van der Waals surface area contributed by atoms with E-state index in [0.717, 1.165) is 25.5 Å². The van der Waals surface area contributed by atoms with Crippen LogP contribution in [0.3, 0.4) is 0 Å². The Labute approximate surface area is 54.2 Å². The molecule has 1 aliphatic carbocycles. The van der Waals surface area contributed by atoms with Gasteiger partial charge < -0.3 is 9.90 Å². The molecule has 1 atom stereocenters. The highest BCUT2D eigenvalue weighted by molar-refractivity contribution is 5.57. The number of hydrogen-bond acceptors (Lipinski definition) is 2. The average Bonchev–Trinajstić information content (AvgIpc) is 1.89. The summed E-state index contributed by atoms with van der Waals surface area (Å²) in [6.45, 7) is 0. The fourth-order valence-corrected chi connectivity index (χ4v) is 1.02. The number of rotatable bonds is 1. The van der Waals surface area contributed by atoms with Crippen LogP contribution in [0.1, 0.15) is 19.3 Å². The highest BCUT2D eigenvalue weighted by atomic mass is 16.3. The molecular weight excluding hydrogens is 116 g/mol. The summed E-state index contributed by atoms with van der Waals surface area (Å²) in [6.07, 6.45) is 5.28. The molecule has 2 heteroatoms. The Hall–Kier alpha value is -0.790. The minimum Gasteiger partial charge on any atom is -0.512 e. The van der Waals surface area contributed by atoms with Gasteiger partial charge in [-0.05, 0) is 25.3 Å². The van der Waals surface area contributed by atoms with Crippen molar-refractivity contribution in [3.63, 3.8) is 0 Å². The van der Waals surface area contributed by atoms with E-state index in [1.807, 2.05) is 0 Å². The minimum atomic E-state index is -0.209. The van der Waals surface area contributed by atoms with E-state index < -0.39 is 0 Å². The van der Waals surface area contributed by atoms with E-state index in [2.05, 4.69) is 0 Å². The largest absolute Gasteiger partial charge is 0.512 e. The zero-order valence-electron chi connectivity index (χ0n) is 5.21. The van der Waals surface area contributed by atoms with Crippen molar-refractivity contribution < 1.29 is 9.90 Å². The maximum Gasteiger partial charge on any atom is 0.130 e. The molecule has 0 aliphatic heterocycles. The smallest absolute Gasteiger partial charge is 0.130 e. The number of carbonyl (C=O) groups is 1. The summed E-state index contributed by atoms with van der Waals surface area (Å²) in [5, 5.41) is 9.00. The van der Waals surface area contributed by atoms with Crippen LogP contribution in [0.4, 0.5) is 0 Å². The molecule has 0 spiro atoms. The summed E-state index contributed by atoms with van der Waals surface area (Å²) in [5.41, 5.74) is 0. The Balaban J connectivity index is 2.60. The fourth-order valence-electron chi connectivity index (χ4n) is 1.02. The van der Waals surface area contributed by atoms with Crippen LogP contribution in [-0.4, -0.2) is 11.4 Å². The number of aliphatic hydroxyl groups is 1. The van der Waals surface area contributed by atoms with E-state index in [1.54, 1.807) is 6.08 Å². The van der Waals surface area contributed by atoms with Crippen molar-refractivity contribution in [3.05, 3.63) is 11.8 Å². The lowest BCUT2D eigenvalue weighted by atomic mass is 9.95. The third-order valence-corrected chi connectivity index (χ3v) is 1.62. The molecule has 0 fully saturated rings. The van der Waals surface area contributed by atoms with Crippen LogP contribution in [0, 0.1) is 5.92 Å². The first-order chi connectivity index (χ1) is 4.34. The van der Waals surface area contributed by atoms with Gasteiger partial charge in [-0.25, -0.2) is 0 Å². The van der Waals surface area contributed by atoms with Crippen LogP contribution >= 0.6 is 0 Å². The number of aldehydes is 1. The maximum atomic E-state index is 10.2. The van der Waals surface area contributed by atoms with Crippen LogP contribution in [-0.2, 0) is 4.79 Å². The lowest BCUT2D eigenvalue weighted by Gasteiger charge is -2.12. The summed E-state index contributed by atoms with van der Waals surface area (Å²) >= 11 is 0. The second-order valence-electron chi connectivity index (χ2n) is 2.30. The first-order valence-corrected chi connectivity index (χ1v) is 3.19. The number of aliphatic hydroxyl groups excluding tert-OH is 1. The molecule has 2 nitrogen and oxygen atoms in total. The van der Waals surface area contributed by atoms with E-state index in [4.69, 9.17) is 5.11 Å². The summed E-state index contributed by atoms with van der Waals surface area (Å²) in [6, 6.07) is 0. The first-order valence-electron chi connectivity index (χ1n) is 3.19. The summed E-state index contributed by atoms with van der Waals surface area (Å²) < 4.78 is 0. The Morgan fingerprint density at radius 3 is 3.00 bits per heavy atom. The van der Waals surface area contributed by atoms with Crippen LogP contribution in [0.25, 0.3) is 0 Å². The molecule has 0 aromatic heterocycles. The number of hydrogen-bond donors (Lipinski definition) is 1. The molecule has 50 valence electrons. The Morgan fingerprint density at radius 2 is 2.56 bits per heavy atom. The van der Waals surface area contributed by atoms with Crippen molar-refractivity contribution in [1.29, 1.82) is 0 Å². The standard InChI is InChI=1S/C7H10O2/c8-5-6-3-1-2-4-7(6)9/h4-6,9H,1-3H2. The van der Waals surface area contributed by atoms with E-state index in [1.165, 1.54) is 0 Å². The summed E-state index contributed by atoms with van der Waals surface area (Å²) in [4.78, 5) is 10.2. The monoisotopic (exact) mass is 126 g/mol. The van der Waals surface area contributed by atoms with E-state index in [-0.39, 0.29) is 11.7 Å². The normalized spacial score (nSPS) is 27.1. The SMILES string of the molecule is O=CC1CCCC=C1O. The van der Waals surface area contributed by atoms with Gasteiger partial charge in [0.05, 0.1) is 11.7 Å². The van der Waals surface area contributed by atoms with Crippen LogP contribution in [0.5, 0.6) is 0 Å². The molecule has 1 aliphatic rings. The van der Waals surface area contributed by atoms with E-state index in [0.29, 0.717) is 0 Å². The van der Waals surface area contributed by atoms with Crippen molar-refractivity contribution >= 4 is 6.29 Å². The van der Waals surface area contributed by atoms with Crippen LogP contribution in [0.2, 0.25) is 0 Å². The molecule has 0 saturated heterocycles. The molecule has 9 heavy (non-hydrogen) atoms. The quantitative estimate of drug-likeness (QED) is 0.539. The Morgan fingerprint density at radius 1 is 1.78 bits per heavy atom. The fraction of sp³-hybridized carbons (Fsp3) is 0.571. The highest BCUT2D eigenvalue weighted by Crippen LogP contribution is 2.20. The summed E-state index contributed by atoms with van der Waals surface area (Å²) in [5.74, 6) is 0.0509. The Kier molecular flexibility index (Phi) is 1.88. The van der Waals surface area contributed by atoms with Gasteiger partial charge in [-0.2, -0.15) is 0 Å². The van der Waals surface area contributed by atoms with Crippen molar-refractivity contribution in [3.8, 4) is 0 Å². The van der Waals surface area contributed by atoms with Gasteiger partial charge in [0.1, 0.15) is 6.29 Å². The van der Waals surface area contributed by atoms with Gasteiger partial charge in [0, 0.05) is 0 Å². The zero-order chi connectivity index (χ0) is 6.69. The molecule has 1 N–H and O–H groups in total. The third-order valence-electron chi connectivity index (χ3n) is 1.62. The molecular formula is C7H10O2. The van der Waals surface area contributed by atoms with Gasteiger partial charge >= 0.3 is 0 Å². The minimum absolute atomic E-state index is 0.209. The topological polar surface area (TPSA) is 37.3 Å². The van der Waals surface area contributed by atoms with Gasteiger partial charge in [0.25, 0.3) is 0 Å². The molecule has 1 rings (SSSR count). The molecule has 0 amide bonds. The van der Waals surface area contributed by atoms with Crippen LogP contribution < -0.4 is 0 Å². The van der Waals surface area contributed by atoms with Gasteiger partial charge in [0.15, 0.2) is 0 Å². The molecule has 1 unspecified atom stereocenters. The third kappa shape index (κ3) is 1.31. The highest BCUT2D eigenvalue weighted by Gasteiger charge is 2.14. The van der Waals surface area contributed by atoms with Crippen molar-refractivity contribution in [2.45, 2.75) is 19.3 Å². The molecule has 0 radical (unpaired) electrons. The molecule has 0 saturated carbocycles. The maximum absolute atomic E-state index is 10.2. The second kappa shape index (κ2) is 2.67. The lowest BCUT2D eigenvalue weighted by molar-refractivity contribution is -0.111. The predicted octanol–water partition coefficient (Wildman–Crippen LogP) is 1.43. The number of carbonyl (C=O) groups excluding carboxylic acids is 1. The second-order valence-corrected chi connectivity index (χ2v) is 2.30. The van der Waals surface area contributed by atoms with Gasteiger partial charge in [-0.15, -0.1) is 0 Å². The van der Waals surface area contributed by atoms with Crippen LogP contribution in [0.15, 0.2) is 11.8 Å². The van der Waals surface area contributed by atoms with Crippen molar-refractivity contribution in [2.24, 2.45) is 5.92 Å². The first kappa shape index (κ1) is 6.33. The molecule has 0 aromatic rings. The van der Waals surface area contributed by atoms with E-state index >= 15 is 0 Å². The van der Waals surface area contributed by atoms with Crippen molar-refractivity contribution in [2.75, 3.05) is 0 Å². The predicted molar refractivity (Wildman–Crippen MR) is 34.1 cm³/mol. The van der Waals surface area contributed by atoms with Gasteiger partial charge in [0.2, 0.25) is 0 Å².